The number of hydrogen-bond acceptors (Lipinski definition) is 8. The van der Waals surface area contributed by atoms with Crippen LogP contribution in [0.2, 0.25) is 0 Å². The van der Waals surface area contributed by atoms with Crippen LogP contribution < -0.4 is 20.1 Å². The van der Waals surface area contributed by atoms with E-state index < -0.39 is 34.5 Å². The van der Waals surface area contributed by atoms with E-state index in [9.17, 15) is 27.6 Å². The fourth-order valence-electron chi connectivity index (χ4n) is 2.28. The van der Waals surface area contributed by atoms with Crippen LogP contribution in [-0.4, -0.2) is 74.2 Å². The minimum absolute atomic E-state index is 0.0201. The maximum Gasteiger partial charge on any atom is 0.341 e. The van der Waals surface area contributed by atoms with Gasteiger partial charge in [0.05, 0.1) is 12.0 Å². The van der Waals surface area contributed by atoms with Crippen LogP contribution in [0.4, 0.5) is 0 Å². The van der Waals surface area contributed by atoms with Crippen LogP contribution in [0.25, 0.3) is 0 Å². The smallest absolute Gasteiger partial charge is 0.341 e. The zero-order valence-corrected chi connectivity index (χ0v) is 18.7. The lowest BCUT2D eigenvalue weighted by molar-refractivity contribution is -0.139. The van der Waals surface area contributed by atoms with E-state index in [4.69, 9.17) is 9.84 Å². The van der Waals surface area contributed by atoms with Crippen LogP contribution in [0.3, 0.4) is 0 Å². The van der Waals surface area contributed by atoms with Gasteiger partial charge in [-0.2, -0.15) is 0 Å². The van der Waals surface area contributed by atoms with Gasteiger partial charge in [-0.3, -0.25) is 14.4 Å². The normalized spacial score (nSPS) is 11.9. The number of benzene rings is 1. The zero-order valence-electron chi connectivity index (χ0n) is 17.0. The van der Waals surface area contributed by atoms with Crippen LogP contribution in [-0.2, 0) is 35.6 Å². The first-order chi connectivity index (χ1) is 14.5. The van der Waals surface area contributed by atoms with E-state index in [0.717, 1.165) is 18.0 Å². The van der Waals surface area contributed by atoms with Crippen LogP contribution in [0, 0.1) is 0 Å². The van der Waals surface area contributed by atoms with Crippen molar-refractivity contribution in [2.75, 3.05) is 31.7 Å². The molecule has 0 heterocycles. The number of carboxylic acid groups (broad SMARTS) is 1. The molecule has 0 bridgehead atoms. The largest absolute Gasteiger partial charge is 0.482 e. The van der Waals surface area contributed by atoms with Crippen molar-refractivity contribution in [1.82, 2.24) is 15.4 Å². The second kappa shape index (κ2) is 12.9. The molecule has 31 heavy (non-hydrogen) atoms. The molecule has 0 radical (unpaired) electrons. The molecule has 0 aromatic heterocycles. The van der Waals surface area contributed by atoms with Crippen molar-refractivity contribution in [3.05, 3.63) is 29.8 Å². The van der Waals surface area contributed by atoms with Gasteiger partial charge >= 0.3 is 5.97 Å². The number of amides is 2. The number of sulfonamides is 1. The molecule has 0 saturated carbocycles. The highest BCUT2D eigenvalue weighted by Crippen LogP contribution is 2.14. The highest BCUT2D eigenvalue weighted by molar-refractivity contribution is 8.14. The Morgan fingerprint density at radius 3 is 2.26 bits per heavy atom. The first kappa shape index (κ1) is 26.4. The molecule has 1 atom stereocenters. The topological polar surface area (TPSA) is 168 Å². The number of rotatable bonds is 13. The van der Waals surface area contributed by atoms with E-state index in [1.54, 1.807) is 12.1 Å². The summed E-state index contributed by atoms with van der Waals surface area (Å²) < 4.78 is 30.6. The molecule has 1 unspecified atom stereocenters. The van der Waals surface area contributed by atoms with Crippen LogP contribution >= 0.6 is 11.8 Å². The van der Waals surface area contributed by atoms with E-state index in [-0.39, 0.29) is 36.3 Å². The molecule has 1 aromatic rings. The molecule has 0 saturated heterocycles. The minimum Gasteiger partial charge on any atom is -0.482 e. The summed E-state index contributed by atoms with van der Waals surface area (Å²) >= 11 is 0.869. The average molecular weight is 476 g/mol. The van der Waals surface area contributed by atoms with Gasteiger partial charge < -0.3 is 20.5 Å². The lowest BCUT2D eigenvalue weighted by Gasteiger charge is -2.18. The summed E-state index contributed by atoms with van der Waals surface area (Å²) in [5.74, 6) is -1.75. The van der Waals surface area contributed by atoms with Crippen molar-refractivity contribution in [2.24, 2.45) is 0 Å². The molecular weight excluding hydrogens is 450 g/mol. The molecule has 0 spiro atoms. The third-order valence-corrected chi connectivity index (χ3v) is 5.08. The van der Waals surface area contributed by atoms with E-state index in [1.165, 1.54) is 19.1 Å². The number of carbonyl (C=O) groups is 4. The highest BCUT2D eigenvalue weighted by atomic mass is 32.2. The van der Waals surface area contributed by atoms with Gasteiger partial charge in [-0.1, -0.05) is 23.9 Å². The van der Waals surface area contributed by atoms with Crippen LogP contribution in [0.15, 0.2) is 24.3 Å². The molecule has 172 valence electrons. The summed E-state index contributed by atoms with van der Waals surface area (Å²) in [7, 11) is -3.68. The Balaban J connectivity index is 2.61. The van der Waals surface area contributed by atoms with Crippen molar-refractivity contribution in [3.63, 3.8) is 0 Å². The first-order valence-corrected chi connectivity index (χ1v) is 11.9. The SMILES string of the molecule is CC(=O)SCC(=O)NCCNC(=O)C(Cc1ccc(OCC(=O)O)cc1)NS(C)(=O)=O. The van der Waals surface area contributed by atoms with Gasteiger partial charge in [0.15, 0.2) is 11.7 Å². The summed E-state index contributed by atoms with van der Waals surface area (Å²) in [4.78, 5) is 45.3. The number of aliphatic carboxylic acids is 1. The standard InChI is InChI=1S/C18H25N3O8S2/c1-12(22)30-11-16(23)19-7-8-20-18(26)15(21-31(2,27)28)9-13-3-5-14(6-4-13)29-10-17(24)25/h3-6,15,21H,7-11H2,1-2H3,(H,19,23)(H,20,26)(H,24,25). The number of carboxylic acids is 1. The van der Waals surface area contributed by atoms with E-state index in [2.05, 4.69) is 15.4 Å². The van der Waals surface area contributed by atoms with Gasteiger partial charge in [-0.05, 0) is 24.1 Å². The average Bonchev–Trinajstić information content (AvgIpc) is 2.67. The summed E-state index contributed by atoms with van der Waals surface area (Å²) in [5, 5.41) is 13.5. The van der Waals surface area contributed by atoms with Gasteiger partial charge in [-0.25, -0.2) is 17.9 Å². The fraction of sp³-hybridized carbons (Fsp3) is 0.444. The van der Waals surface area contributed by atoms with Gasteiger partial charge in [0, 0.05) is 20.0 Å². The third kappa shape index (κ3) is 12.6. The van der Waals surface area contributed by atoms with Gasteiger partial charge in [0.2, 0.25) is 21.8 Å². The number of hydrogen-bond donors (Lipinski definition) is 4. The molecule has 1 rings (SSSR count). The quantitative estimate of drug-likeness (QED) is 0.265. The molecule has 2 amide bonds. The maximum atomic E-state index is 12.4. The Hall–Kier alpha value is -2.64. The predicted octanol–water partition coefficient (Wildman–Crippen LogP) is -0.878. The lowest BCUT2D eigenvalue weighted by Crippen LogP contribution is -2.49. The molecule has 0 aliphatic rings. The summed E-state index contributed by atoms with van der Waals surface area (Å²) in [6, 6.07) is 5.12. The molecule has 0 aliphatic heterocycles. The summed E-state index contributed by atoms with van der Waals surface area (Å²) in [6.45, 7) is 1.04. The molecule has 13 heteroatoms. The molecule has 4 N–H and O–H groups in total. The Morgan fingerprint density at radius 2 is 1.71 bits per heavy atom. The molecule has 11 nitrogen and oxygen atoms in total. The van der Waals surface area contributed by atoms with E-state index >= 15 is 0 Å². The number of carbonyl (C=O) groups excluding carboxylic acids is 3. The van der Waals surface area contributed by atoms with E-state index in [1.807, 2.05) is 0 Å². The Morgan fingerprint density at radius 1 is 1.10 bits per heavy atom. The van der Waals surface area contributed by atoms with Crippen molar-refractivity contribution < 1.29 is 37.4 Å². The van der Waals surface area contributed by atoms with Crippen molar-refractivity contribution >= 4 is 44.7 Å². The Bertz CT molecular complexity index is 888. The highest BCUT2D eigenvalue weighted by Gasteiger charge is 2.22. The second-order valence-electron chi connectivity index (χ2n) is 6.39. The predicted molar refractivity (Wildman–Crippen MR) is 114 cm³/mol. The van der Waals surface area contributed by atoms with Crippen molar-refractivity contribution in [2.45, 2.75) is 19.4 Å². The summed E-state index contributed by atoms with van der Waals surface area (Å²) in [6.07, 6.45) is 0.975. The molecule has 0 aliphatic carbocycles. The van der Waals surface area contributed by atoms with Crippen LogP contribution in [0.5, 0.6) is 5.75 Å². The number of thioether (sulfide) groups is 1. The number of nitrogens with one attached hydrogen (secondary N) is 3. The van der Waals surface area contributed by atoms with Crippen molar-refractivity contribution in [1.29, 1.82) is 0 Å². The molecule has 1 aromatic carbocycles. The summed E-state index contributed by atoms with van der Waals surface area (Å²) in [5.41, 5.74) is 0.619. The lowest BCUT2D eigenvalue weighted by atomic mass is 10.1. The van der Waals surface area contributed by atoms with Gasteiger partial charge in [0.25, 0.3) is 0 Å². The third-order valence-electron chi connectivity index (χ3n) is 3.55. The van der Waals surface area contributed by atoms with Crippen LogP contribution in [0.1, 0.15) is 12.5 Å². The van der Waals surface area contributed by atoms with Gasteiger partial charge in [0.1, 0.15) is 11.8 Å². The zero-order chi connectivity index (χ0) is 23.4. The molecular formula is C18H25N3O8S2. The Labute approximate surface area is 184 Å². The van der Waals surface area contributed by atoms with E-state index in [0.29, 0.717) is 11.3 Å². The Kier molecular flexibility index (Phi) is 11.0. The minimum atomic E-state index is -3.68. The van der Waals surface area contributed by atoms with Crippen molar-refractivity contribution in [3.8, 4) is 5.75 Å². The second-order valence-corrected chi connectivity index (χ2v) is 9.33. The van der Waals surface area contributed by atoms with Gasteiger partial charge in [-0.15, -0.1) is 0 Å². The molecule has 0 fully saturated rings. The maximum absolute atomic E-state index is 12.4. The fourth-order valence-corrected chi connectivity index (χ4v) is 3.42. The number of ether oxygens (including phenoxy) is 1. The monoisotopic (exact) mass is 475 g/mol. The first-order valence-electron chi connectivity index (χ1n) is 9.05.